The average molecular weight is 200 g/mol. The van der Waals surface area contributed by atoms with Crippen LogP contribution >= 0.6 is 0 Å². The molecular weight excluding hydrogens is 176 g/mol. The van der Waals surface area contributed by atoms with E-state index in [9.17, 15) is 0 Å². The highest BCUT2D eigenvalue weighted by Gasteiger charge is 2.18. The summed E-state index contributed by atoms with van der Waals surface area (Å²) in [5, 5.41) is 3.31. The smallest absolute Gasteiger partial charge is 0.0589 e. The van der Waals surface area contributed by atoms with Crippen LogP contribution in [0.25, 0.3) is 0 Å². The summed E-state index contributed by atoms with van der Waals surface area (Å²) in [6.07, 6.45) is 1.33. The monoisotopic (exact) mass is 200 g/mol. The quantitative estimate of drug-likeness (QED) is 0.662. The Labute approximate surface area is 87.8 Å². The first-order chi connectivity index (χ1) is 6.74. The summed E-state index contributed by atoms with van der Waals surface area (Å²) in [5.41, 5.74) is 0. The van der Waals surface area contributed by atoms with Crippen molar-refractivity contribution in [2.24, 2.45) is 5.92 Å². The number of methoxy groups -OCH3 is 1. The molecule has 0 spiro atoms. The zero-order valence-electron chi connectivity index (χ0n) is 9.75. The Morgan fingerprint density at radius 1 is 1.36 bits per heavy atom. The van der Waals surface area contributed by atoms with E-state index >= 15 is 0 Å². The van der Waals surface area contributed by atoms with E-state index in [1.807, 2.05) is 0 Å². The number of nitrogens with one attached hydrogen (secondary N) is 1. The number of nitrogens with zero attached hydrogens (tertiary/aromatic N) is 1. The van der Waals surface area contributed by atoms with Crippen molar-refractivity contribution in [3.63, 3.8) is 0 Å². The molecule has 0 aromatic carbocycles. The summed E-state index contributed by atoms with van der Waals surface area (Å²) >= 11 is 0. The van der Waals surface area contributed by atoms with Crippen molar-refractivity contribution in [2.45, 2.75) is 26.3 Å². The zero-order valence-corrected chi connectivity index (χ0v) is 9.75. The lowest BCUT2D eigenvalue weighted by molar-refractivity contribution is 0.121. The van der Waals surface area contributed by atoms with Crippen LogP contribution in [0.5, 0.6) is 0 Å². The van der Waals surface area contributed by atoms with Gasteiger partial charge in [0.25, 0.3) is 0 Å². The lowest BCUT2D eigenvalue weighted by atomic mass is 9.99. The average Bonchev–Trinajstić information content (AvgIpc) is 2.07. The molecular formula is C11H24N2O. The van der Waals surface area contributed by atoms with Crippen molar-refractivity contribution in [2.75, 3.05) is 39.9 Å². The topological polar surface area (TPSA) is 24.5 Å². The number of rotatable bonds is 7. The van der Waals surface area contributed by atoms with Crippen molar-refractivity contribution < 1.29 is 4.74 Å². The van der Waals surface area contributed by atoms with E-state index in [1.165, 1.54) is 26.1 Å². The van der Waals surface area contributed by atoms with Crippen LogP contribution in [0.2, 0.25) is 0 Å². The molecule has 0 bridgehead atoms. The standard InChI is InChI=1S/C11H24N2O/c1-10(2)13(6-7-14-3)5-4-11-8-12-9-11/h10-12H,4-9H2,1-3H3. The van der Waals surface area contributed by atoms with Crippen molar-refractivity contribution >= 4 is 0 Å². The van der Waals surface area contributed by atoms with Crippen molar-refractivity contribution in [1.82, 2.24) is 10.2 Å². The Hall–Kier alpha value is -0.120. The van der Waals surface area contributed by atoms with E-state index in [-0.39, 0.29) is 0 Å². The van der Waals surface area contributed by atoms with Crippen LogP contribution < -0.4 is 5.32 Å². The van der Waals surface area contributed by atoms with Gasteiger partial charge in [0.1, 0.15) is 0 Å². The minimum Gasteiger partial charge on any atom is -0.383 e. The van der Waals surface area contributed by atoms with Gasteiger partial charge in [-0.2, -0.15) is 0 Å². The molecule has 0 aliphatic carbocycles. The molecule has 0 amide bonds. The maximum atomic E-state index is 5.12. The molecule has 1 aliphatic rings. The van der Waals surface area contributed by atoms with Crippen LogP contribution in [0.15, 0.2) is 0 Å². The predicted octanol–water partition coefficient (Wildman–Crippen LogP) is 0.953. The minimum absolute atomic E-state index is 0.637. The van der Waals surface area contributed by atoms with Crippen LogP contribution in [0.4, 0.5) is 0 Å². The van der Waals surface area contributed by atoms with E-state index in [0.29, 0.717) is 6.04 Å². The van der Waals surface area contributed by atoms with Gasteiger partial charge in [-0.1, -0.05) is 0 Å². The molecule has 14 heavy (non-hydrogen) atoms. The highest BCUT2D eigenvalue weighted by Crippen LogP contribution is 2.10. The van der Waals surface area contributed by atoms with E-state index in [1.54, 1.807) is 7.11 Å². The maximum Gasteiger partial charge on any atom is 0.0589 e. The van der Waals surface area contributed by atoms with Crippen LogP contribution in [-0.4, -0.2) is 50.8 Å². The van der Waals surface area contributed by atoms with Gasteiger partial charge in [-0.25, -0.2) is 0 Å². The highest BCUT2D eigenvalue weighted by atomic mass is 16.5. The molecule has 1 heterocycles. The van der Waals surface area contributed by atoms with E-state index in [2.05, 4.69) is 24.1 Å². The summed E-state index contributed by atoms with van der Waals surface area (Å²) in [4.78, 5) is 2.50. The second kappa shape index (κ2) is 6.38. The Morgan fingerprint density at radius 3 is 2.50 bits per heavy atom. The number of hydrogen-bond donors (Lipinski definition) is 1. The fourth-order valence-electron chi connectivity index (χ4n) is 1.74. The second-order valence-corrected chi connectivity index (χ2v) is 4.44. The molecule has 1 N–H and O–H groups in total. The van der Waals surface area contributed by atoms with Gasteiger partial charge in [0.15, 0.2) is 0 Å². The molecule has 0 aromatic rings. The third kappa shape index (κ3) is 3.95. The molecule has 3 heteroatoms. The lowest BCUT2D eigenvalue weighted by Crippen LogP contribution is -2.44. The summed E-state index contributed by atoms with van der Waals surface area (Å²) in [5.74, 6) is 0.916. The van der Waals surface area contributed by atoms with Gasteiger partial charge < -0.3 is 10.1 Å². The van der Waals surface area contributed by atoms with Gasteiger partial charge in [-0.3, -0.25) is 4.90 Å². The Morgan fingerprint density at radius 2 is 2.07 bits per heavy atom. The zero-order chi connectivity index (χ0) is 10.4. The van der Waals surface area contributed by atoms with E-state index in [4.69, 9.17) is 4.74 Å². The molecule has 0 saturated carbocycles. The minimum atomic E-state index is 0.637. The SMILES string of the molecule is COCCN(CCC1CNC1)C(C)C. The summed E-state index contributed by atoms with van der Waals surface area (Å²) < 4.78 is 5.12. The van der Waals surface area contributed by atoms with Gasteiger partial charge in [-0.15, -0.1) is 0 Å². The fraction of sp³-hybridized carbons (Fsp3) is 1.00. The van der Waals surface area contributed by atoms with Crippen molar-refractivity contribution in [3.8, 4) is 0 Å². The van der Waals surface area contributed by atoms with Gasteiger partial charge in [-0.05, 0) is 45.8 Å². The second-order valence-electron chi connectivity index (χ2n) is 4.44. The van der Waals surface area contributed by atoms with Gasteiger partial charge in [0.2, 0.25) is 0 Å². The number of hydrogen-bond acceptors (Lipinski definition) is 3. The first kappa shape index (κ1) is 12.0. The van der Waals surface area contributed by atoms with E-state index in [0.717, 1.165) is 19.1 Å². The van der Waals surface area contributed by atoms with Crippen molar-refractivity contribution in [3.05, 3.63) is 0 Å². The van der Waals surface area contributed by atoms with Crippen molar-refractivity contribution in [1.29, 1.82) is 0 Å². The highest BCUT2D eigenvalue weighted by molar-refractivity contribution is 4.76. The molecule has 84 valence electrons. The molecule has 1 aliphatic heterocycles. The maximum absolute atomic E-state index is 5.12. The van der Waals surface area contributed by atoms with E-state index < -0.39 is 0 Å². The molecule has 1 saturated heterocycles. The summed E-state index contributed by atoms with van der Waals surface area (Å²) in [7, 11) is 1.77. The Kier molecular flexibility index (Phi) is 5.45. The van der Waals surface area contributed by atoms with Crippen LogP contribution in [0.1, 0.15) is 20.3 Å². The summed E-state index contributed by atoms with van der Waals surface area (Å²) in [6.45, 7) is 10.1. The number of ether oxygens (including phenoxy) is 1. The van der Waals surface area contributed by atoms with Crippen LogP contribution in [0.3, 0.4) is 0 Å². The third-order valence-corrected chi connectivity index (χ3v) is 3.00. The lowest BCUT2D eigenvalue weighted by Gasteiger charge is -2.32. The molecule has 0 unspecified atom stereocenters. The molecule has 1 fully saturated rings. The molecule has 0 atom stereocenters. The fourth-order valence-corrected chi connectivity index (χ4v) is 1.74. The first-order valence-corrected chi connectivity index (χ1v) is 5.67. The Bertz CT molecular complexity index is 146. The van der Waals surface area contributed by atoms with Gasteiger partial charge in [0.05, 0.1) is 6.61 Å². The van der Waals surface area contributed by atoms with Crippen LogP contribution in [0, 0.1) is 5.92 Å². The van der Waals surface area contributed by atoms with Gasteiger partial charge in [0, 0.05) is 19.7 Å². The molecule has 0 radical (unpaired) electrons. The Balaban J connectivity index is 2.13. The molecule has 1 rings (SSSR count). The first-order valence-electron chi connectivity index (χ1n) is 5.67. The predicted molar refractivity (Wildman–Crippen MR) is 59.6 cm³/mol. The van der Waals surface area contributed by atoms with Crippen LogP contribution in [-0.2, 0) is 4.74 Å². The molecule has 3 nitrogen and oxygen atoms in total. The third-order valence-electron chi connectivity index (χ3n) is 3.00. The summed E-state index contributed by atoms with van der Waals surface area (Å²) in [6, 6.07) is 0.637. The molecule has 0 aromatic heterocycles. The normalized spacial score (nSPS) is 17.8. The largest absolute Gasteiger partial charge is 0.383 e. The van der Waals surface area contributed by atoms with Gasteiger partial charge >= 0.3 is 0 Å².